The van der Waals surface area contributed by atoms with Crippen molar-refractivity contribution < 1.29 is 19.7 Å². The Morgan fingerprint density at radius 2 is 0.886 bits per heavy atom. The van der Waals surface area contributed by atoms with Gasteiger partial charge in [0.05, 0.1) is 11.1 Å². The van der Waals surface area contributed by atoms with Crippen LogP contribution in [0.25, 0.3) is 32.7 Å². The van der Waals surface area contributed by atoms with Gasteiger partial charge in [-0.25, -0.2) is 9.98 Å². The fourth-order valence-electron chi connectivity index (χ4n) is 6.24. The predicted octanol–water partition coefficient (Wildman–Crippen LogP) is 8.11. The molecule has 44 heavy (non-hydrogen) atoms. The highest BCUT2D eigenvalue weighted by atomic mass is 16.5. The number of fused-ring (bicyclic) bond motifs is 2. The van der Waals surface area contributed by atoms with Crippen LogP contribution in [0.5, 0.6) is 11.5 Å². The maximum atomic E-state index is 12.1. The topological polar surface area (TPSA) is 83.6 Å². The van der Waals surface area contributed by atoms with Crippen LogP contribution in [0, 0.1) is 0 Å². The van der Waals surface area contributed by atoms with E-state index in [1.54, 1.807) is 0 Å². The number of benzene rings is 6. The minimum atomic E-state index is -0.173. The number of hydrogen-bond acceptors (Lipinski definition) is 6. The van der Waals surface area contributed by atoms with Gasteiger partial charge in [0.1, 0.15) is 36.8 Å². The first kappa shape index (κ1) is 26.0. The van der Waals surface area contributed by atoms with Crippen LogP contribution in [-0.4, -0.2) is 35.2 Å². The van der Waals surface area contributed by atoms with Gasteiger partial charge >= 0.3 is 0 Å². The SMILES string of the molecule is Oc1c(C2=NC(c3ccccc3)CO2)cc2ccccc2c1-c1c(O)c(C2=N[C@@H](c3ccccc3)CO2)cc2ccccc12. The molecular formula is C38H28N2O4. The van der Waals surface area contributed by atoms with Crippen molar-refractivity contribution in [3.05, 3.63) is 144 Å². The predicted molar refractivity (Wildman–Crippen MR) is 174 cm³/mol. The molecule has 1 unspecified atom stereocenters. The Morgan fingerprint density at radius 1 is 0.500 bits per heavy atom. The van der Waals surface area contributed by atoms with Gasteiger partial charge < -0.3 is 19.7 Å². The van der Waals surface area contributed by atoms with E-state index in [4.69, 9.17) is 19.5 Å². The number of hydrogen-bond donors (Lipinski definition) is 2. The van der Waals surface area contributed by atoms with Gasteiger partial charge in [0.15, 0.2) is 0 Å². The highest BCUT2D eigenvalue weighted by molar-refractivity contribution is 6.16. The highest BCUT2D eigenvalue weighted by Gasteiger charge is 2.30. The van der Waals surface area contributed by atoms with Crippen LogP contribution in [-0.2, 0) is 9.47 Å². The Hall–Kier alpha value is -5.62. The van der Waals surface area contributed by atoms with Gasteiger partial charge in [-0.1, -0.05) is 109 Å². The van der Waals surface area contributed by atoms with Gasteiger partial charge in [0, 0.05) is 11.1 Å². The summed E-state index contributed by atoms with van der Waals surface area (Å²) >= 11 is 0. The summed E-state index contributed by atoms with van der Waals surface area (Å²) in [6.07, 6.45) is 0. The van der Waals surface area contributed by atoms with Crippen LogP contribution in [0.4, 0.5) is 0 Å². The average Bonchev–Trinajstić information content (AvgIpc) is 3.77. The average molecular weight is 577 g/mol. The molecule has 0 fully saturated rings. The third-order valence-electron chi connectivity index (χ3n) is 8.43. The van der Waals surface area contributed by atoms with Gasteiger partial charge in [0.25, 0.3) is 0 Å². The minimum Gasteiger partial charge on any atom is -0.506 e. The Kier molecular flexibility index (Phi) is 6.26. The van der Waals surface area contributed by atoms with E-state index in [2.05, 4.69) is 0 Å². The lowest BCUT2D eigenvalue weighted by Crippen LogP contribution is -2.05. The fraction of sp³-hybridized carbons (Fsp3) is 0.105. The van der Waals surface area contributed by atoms with E-state index in [1.807, 2.05) is 121 Å². The Balaban J connectivity index is 1.34. The molecule has 8 rings (SSSR count). The molecule has 0 aromatic heterocycles. The summed E-state index contributed by atoms with van der Waals surface area (Å²) in [4.78, 5) is 9.73. The Labute approximate surface area is 254 Å². The molecule has 2 aliphatic heterocycles. The van der Waals surface area contributed by atoms with Gasteiger partial charge in [0.2, 0.25) is 11.8 Å². The lowest BCUT2D eigenvalue weighted by Gasteiger charge is -2.18. The van der Waals surface area contributed by atoms with Crippen LogP contribution in [0.1, 0.15) is 34.3 Å². The molecule has 0 amide bonds. The first-order chi connectivity index (χ1) is 21.7. The zero-order valence-electron chi connectivity index (χ0n) is 23.7. The molecule has 0 aliphatic carbocycles. The number of nitrogens with zero attached hydrogens (tertiary/aromatic N) is 2. The van der Waals surface area contributed by atoms with Crippen molar-refractivity contribution >= 4 is 33.3 Å². The molecule has 6 heteroatoms. The van der Waals surface area contributed by atoms with Gasteiger partial charge in [-0.05, 0) is 44.8 Å². The molecule has 2 atom stereocenters. The van der Waals surface area contributed by atoms with Crippen molar-refractivity contribution in [2.45, 2.75) is 12.1 Å². The zero-order valence-corrected chi connectivity index (χ0v) is 23.7. The maximum Gasteiger partial charge on any atom is 0.220 e. The second kappa shape index (κ2) is 10.6. The first-order valence-corrected chi connectivity index (χ1v) is 14.7. The summed E-state index contributed by atoms with van der Waals surface area (Å²) in [5.74, 6) is 0.727. The van der Waals surface area contributed by atoms with Crippen LogP contribution in [0.15, 0.2) is 131 Å². The van der Waals surface area contributed by atoms with Gasteiger partial charge in [-0.2, -0.15) is 0 Å². The molecule has 0 saturated carbocycles. The Morgan fingerprint density at radius 3 is 1.32 bits per heavy atom. The molecule has 0 saturated heterocycles. The molecule has 6 nitrogen and oxygen atoms in total. The van der Waals surface area contributed by atoms with Crippen LogP contribution in [0.2, 0.25) is 0 Å². The van der Waals surface area contributed by atoms with Gasteiger partial charge in [-0.3, -0.25) is 0 Å². The molecular weight excluding hydrogens is 548 g/mol. The number of phenolic OH excluding ortho intramolecular Hbond substituents is 2. The summed E-state index contributed by atoms with van der Waals surface area (Å²) in [7, 11) is 0. The summed E-state index contributed by atoms with van der Waals surface area (Å²) < 4.78 is 12.2. The Bertz CT molecular complexity index is 1950. The zero-order chi connectivity index (χ0) is 29.6. The normalized spacial score (nSPS) is 17.7. The number of ether oxygens (including phenoxy) is 2. The van der Waals surface area contributed by atoms with E-state index in [-0.39, 0.29) is 23.6 Å². The molecule has 0 bridgehead atoms. The molecule has 6 aromatic carbocycles. The summed E-state index contributed by atoms with van der Waals surface area (Å²) in [5.41, 5.74) is 4.05. The van der Waals surface area contributed by atoms with Gasteiger partial charge in [-0.15, -0.1) is 0 Å². The number of rotatable bonds is 5. The summed E-state index contributed by atoms with van der Waals surface area (Å²) in [6, 6.07) is 39.1. The minimum absolute atomic E-state index is 0.00907. The smallest absolute Gasteiger partial charge is 0.220 e. The molecule has 2 aliphatic rings. The van der Waals surface area contributed by atoms with E-state index >= 15 is 0 Å². The molecule has 0 radical (unpaired) electrons. The maximum absolute atomic E-state index is 12.1. The van der Waals surface area contributed by atoms with Crippen molar-refractivity contribution in [2.24, 2.45) is 9.98 Å². The van der Waals surface area contributed by atoms with Crippen LogP contribution >= 0.6 is 0 Å². The summed E-state index contributed by atoms with van der Waals surface area (Å²) in [5, 5.41) is 27.5. The highest BCUT2D eigenvalue weighted by Crippen LogP contribution is 2.48. The second-order valence-corrected chi connectivity index (χ2v) is 11.1. The fourth-order valence-corrected chi connectivity index (χ4v) is 6.24. The second-order valence-electron chi connectivity index (χ2n) is 11.1. The quantitative estimate of drug-likeness (QED) is 0.217. The van der Waals surface area contributed by atoms with E-state index < -0.39 is 0 Å². The van der Waals surface area contributed by atoms with E-state index in [0.717, 1.165) is 32.7 Å². The standard InChI is InChI=1S/C38H28N2O4/c41-35-29(37-39-31(21-43-37)23-11-3-1-4-12-23)19-25-15-7-9-17-27(25)33(35)34-28-18-10-8-16-26(28)20-30(36(34)42)38-40-32(22-44-38)24-13-5-2-6-14-24/h1-20,31-32,41-42H,21-22H2/t31-,32?/m1/s1. The van der Waals surface area contributed by atoms with Crippen LogP contribution < -0.4 is 0 Å². The van der Waals surface area contributed by atoms with Crippen molar-refractivity contribution in [2.75, 3.05) is 13.2 Å². The van der Waals surface area contributed by atoms with E-state index in [0.29, 0.717) is 47.3 Å². The molecule has 2 N–H and O–H groups in total. The van der Waals surface area contributed by atoms with E-state index in [9.17, 15) is 10.2 Å². The first-order valence-electron chi connectivity index (χ1n) is 14.7. The number of aliphatic imine (C=N–C) groups is 2. The van der Waals surface area contributed by atoms with Crippen molar-refractivity contribution in [1.29, 1.82) is 0 Å². The number of phenols is 2. The molecule has 0 spiro atoms. The molecule has 6 aromatic rings. The largest absolute Gasteiger partial charge is 0.506 e. The van der Waals surface area contributed by atoms with Crippen molar-refractivity contribution in [3.8, 4) is 22.6 Å². The monoisotopic (exact) mass is 576 g/mol. The van der Waals surface area contributed by atoms with Crippen molar-refractivity contribution in [3.63, 3.8) is 0 Å². The lowest BCUT2D eigenvalue weighted by atomic mass is 9.88. The molecule has 214 valence electrons. The third-order valence-corrected chi connectivity index (χ3v) is 8.43. The number of aromatic hydroxyl groups is 2. The summed E-state index contributed by atoms with van der Waals surface area (Å²) in [6.45, 7) is 0.759. The van der Waals surface area contributed by atoms with E-state index in [1.165, 1.54) is 0 Å². The van der Waals surface area contributed by atoms with Crippen molar-refractivity contribution in [1.82, 2.24) is 0 Å². The van der Waals surface area contributed by atoms with Crippen LogP contribution in [0.3, 0.4) is 0 Å². The third kappa shape index (κ3) is 4.34. The molecule has 2 heterocycles. The lowest BCUT2D eigenvalue weighted by molar-refractivity contribution is 0.318.